The molecule has 1 amide bonds. The van der Waals surface area contributed by atoms with Crippen molar-refractivity contribution in [1.82, 2.24) is 4.90 Å². The van der Waals surface area contributed by atoms with Gasteiger partial charge < -0.3 is 9.64 Å². The zero-order valence-corrected chi connectivity index (χ0v) is 14.1. The summed E-state index contributed by atoms with van der Waals surface area (Å²) in [5, 5.41) is 0. The lowest BCUT2D eigenvalue weighted by Crippen LogP contribution is -2.58. The number of benzene rings is 1. The largest absolute Gasteiger partial charge is 0.494 e. The van der Waals surface area contributed by atoms with Gasteiger partial charge in [-0.05, 0) is 51.0 Å². The van der Waals surface area contributed by atoms with Crippen LogP contribution in [0.15, 0.2) is 29.2 Å². The Hall–Kier alpha value is -1.56. The first-order valence-electron chi connectivity index (χ1n) is 7.43. The van der Waals surface area contributed by atoms with Gasteiger partial charge in [-0.3, -0.25) is 4.79 Å². The summed E-state index contributed by atoms with van der Waals surface area (Å²) in [5.74, 6) is 0.788. The first-order valence-corrected chi connectivity index (χ1v) is 9.33. The Morgan fingerprint density at radius 3 is 2.36 bits per heavy atom. The van der Waals surface area contributed by atoms with Crippen LogP contribution in [0.1, 0.15) is 33.1 Å². The second-order valence-electron chi connectivity index (χ2n) is 6.30. The van der Waals surface area contributed by atoms with Crippen LogP contribution in [0.5, 0.6) is 5.75 Å². The van der Waals surface area contributed by atoms with Crippen molar-refractivity contribution in [1.29, 1.82) is 0 Å². The van der Waals surface area contributed by atoms with Gasteiger partial charge >= 0.3 is 0 Å². The molecule has 0 radical (unpaired) electrons. The Kier molecular flexibility index (Phi) is 4.80. The van der Waals surface area contributed by atoms with Crippen LogP contribution in [0.3, 0.4) is 0 Å². The number of sulfone groups is 1. The molecule has 0 atom stereocenters. The van der Waals surface area contributed by atoms with Gasteiger partial charge in [0.25, 0.3) is 0 Å². The van der Waals surface area contributed by atoms with Crippen LogP contribution in [0.4, 0.5) is 0 Å². The van der Waals surface area contributed by atoms with Crippen LogP contribution >= 0.6 is 0 Å². The molecule has 0 aliphatic carbocycles. The quantitative estimate of drug-likeness (QED) is 0.753. The van der Waals surface area contributed by atoms with Crippen LogP contribution < -0.4 is 4.74 Å². The first kappa shape index (κ1) is 16.8. The Morgan fingerprint density at radius 2 is 1.91 bits per heavy atom. The van der Waals surface area contributed by atoms with Gasteiger partial charge in [0.15, 0.2) is 9.84 Å². The minimum absolute atomic E-state index is 0.000580. The van der Waals surface area contributed by atoms with Crippen molar-refractivity contribution in [2.45, 2.75) is 43.5 Å². The second kappa shape index (κ2) is 6.28. The maximum Gasteiger partial charge on any atom is 0.223 e. The molecule has 1 saturated heterocycles. The maximum absolute atomic E-state index is 12.0. The van der Waals surface area contributed by atoms with Crippen LogP contribution in [0, 0.1) is 0 Å². The lowest BCUT2D eigenvalue weighted by Gasteiger charge is -2.48. The molecule has 0 aromatic heterocycles. The minimum atomic E-state index is -3.18. The van der Waals surface area contributed by atoms with E-state index in [0.717, 1.165) is 13.0 Å². The fourth-order valence-corrected chi connectivity index (χ4v) is 3.10. The number of nitrogens with zero attached hydrogens (tertiary/aromatic N) is 1. The molecule has 5 nitrogen and oxygen atoms in total. The molecule has 0 saturated carbocycles. The van der Waals surface area contributed by atoms with Gasteiger partial charge in [-0.1, -0.05) is 0 Å². The van der Waals surface area contributed by atoms with E-state index >= 15 is 0 Å². The minimum Gasteiger partial charge on any atom is -0.494 e. The molecular formula is C16H23NO4S. The second-order valence-corrected chi connectivity index (χ2v) is 8.32. The Morgan fingerprint density at radius 1 is 1.27 bits per heavy atom. The van der Waals surface area contributed by atoms with Crippen molar-refractivity contribution in [3.63, 3.8) is 0 Å². The standard InChI is InChI=1S/C16H23NO4S/c1-16(2)10-11-17(16)15(18)5-4-12-21-13-6-8-14(9-7-13)22(3,19)20/h6-9H,4-5,10-12H2,1-3H3. The summed E-state index contributed by atoms with van der Waals surface area (Å²) in [4.78, 5) is 14.2. The average molecular weight is 325 g/mol. The molecular weight excluding hydrogens is 302 g/mol. The molecule has 0 bridgehead atoms. The van der Waals surface area contributed by atoms with Gasteiger partial charge in [-0.15, -0.1) is 0 Å². The SMILES string of the molecule is CC1(C)CCN1C(=O)CCCOc1ccc(S(C)(=O)=O)cc1. The molecule has 1 aromatic carbocycles. The predicted molar refractivity (Wildman–Crippen MR) is 84.7 cm³/mol. The third-order valence-electron chi connectivity index (χ3n) is 4.03. The molecule has 1 heterocycles. The summed E-state index contributed by atoms with van der Waals surface area (Å²) in [7, 11) is -3.18. The zero-order chi connectivity index (χ0) is 16.4. The highest BCUT2D eigenvalue weighted by Crippen LogP contribution is 2.30. The fraction of sp³-hybridized carbons (Fsp3) is 0.562. The third-order valence-corrected chi connectivity index (χ3v) is 5.16. The highest BCUT2D eigenvalue weighted by molar-refractivity contribution is 7.90. The van der Waals surface area contributed by atoms with Crippen molar-refractivity contribution in [2.24, 2.45) is 0 Å². The lowest BCUT2D eigenvalue weighted by atomic mass is 9.88. The lowest BCUT2D eigenvalue weighted by molar-refractivity contribution is -0.144. The summed E-state index contributed by atoms with van der Waals surface area (Å²) >= 11 is 0. The van der Waals surface area contributed by atoms with Crippen LogP contribution in [0.25, 0.3) is 0 Å². The van der Waals surface area contributed by atoms with E-state index in [1.54, 1.807) is 12.1 Å². The Bertz CT molecular complexity index is 635. The average Bonchev–Trinajstić information content (AvgIpc) is 2.42. The highest BCUT2D eigenvalue weighted by Gasteiger charge is 2.38. The molecule has 2 rings (SSSR count). The van der Waals surface area contributed by atoms with E-state index in [1.165, 1.54) is 18.4 Å². The number of likely N-dealkylation sites (tertiary alicyclic amines) is 1. The normalized spacial score (nSPS) is 17.0. The molecule has 6 heteroatoms. The molecule has 1 aliphatic heterocycles. The number of carbonyl (C=O) groups is 1. The third kappa shape index (κ3) is 4.00. The fourth-order valence-electron chi connectivity index (χ4n) is 2.46. The summed E-state index contributed by atoms with van der Waals surface area (Å²) in [5.41, 5.74) is -0.000580. The number of ether oxygens (including phenoxy) is 1. The Labute approximate surface area is 132 Å². The predicted octanol–water partition coefficient (Wildman–Crippen LogP) is 2.26. The van der Waals surface area contributed by atoms with E-state index < -0.39 is 9.84 Å². The summed E-state index contributed by atoms with van der Waals surface area (Å²) < 4.78 is 28.2. The number of carbonyl (C=O) groups excluding carboxylic acids is 1. The number of hydrogen-bond donors (Lipinski definition) is 0. The van der Waals surface area contributed by atoms with Gasteiger partial charge in [0, 0.05) is 24.8 Å². The van der Waals surface area contributed by atoms with Crippen molar-refractivity contribution in [3.8, 4) is 5.75 Å². The smallest absolute Gasteiger partial charge is 0.223 e. The van der Waals surface area contributed by atoms with E-state index in [2.05, 4.69) is 13.8 Å². The highest BCUT2D eigenvalue weighted by atomic mass is 32.2. The van der Waals surface area contributed by atoms with Gasteiger partial charge in [0.2, 0.25) is 5.91 Å². The van der Waals surface area contributed by atoms with Crippen molar-refractivity contribution in [3.05, 3.63) is 24.3 Å². The van der Waals surface area contributed by atoms with E-state index in [0.29, 0.717) is 25.2 Å². The van der Waals surface area contributed by atoms with Gasteiger partial charge in [0.05, 0.1) is 11.5 Å². The van der Waals surface area contributed by atoms with Crippen molar-refractivity contribution in [2.75, 3.05) is 19.4 Å². The molecule has 0 N–H and O–H groups in total. The van der Waals surface area contributed by atoms with E-state index in [-0.39, 0.29) is 16.3 Å². The molecule has 1 aromatic rings. The Balaban J connectivity index is 1.74. The zero-order valence-electron chi connectivity index (χ0n) is 13.3. The van der Waals surface area contributed by atoms with Gasteiger partial charge in [-0.2, -0.15) is 0 Å². The number of hydrogen-bond acceptors (Lipinski definition) is 4. The summed E-state index contributed by atoms with van der Waals surface area (Å²) in [6.45, 7) is 5.44. The van der Waals surface area contributed by atoms with E-state index in [9.17, 15) is 13.2 Å². The maximum atomic E-state index is 12.0. The number of rotatable bonds is 6. The molecule has 1 aliphatic rings. The topological polar surface area (TPSA) is 63.7 Å². The first-order chi connectivity index (χ1) is 10.2. The molecule has 0 unspecified atom stereocenters. The molecule has 1 fully saturated rings. The van der Waals surface area contributed by atoms with E-state index in [4.69, 9.17) is 4.74 Å². The van der Waals surface area contributed by atoms with Crippen molar-refractivity contribution < 1.29 is 17.9 Å². The van der Waals surface area contributed by atoms with Crippen LogP contribution in [-0.2, 0) is 14.6 Å². The van der Waals surface area contributed by atoms with Crippen LogP contribution in [0.2, 0.25) is 0 Å². The molecule has 0 spiro atoms. The monoisotopic (exact) mass is 325 g/mol. The molecule has 22 heavy (non-hydrogen) atoms. The van der Waals surface area contributed by atoms with Crippen molar-refractivity contribution >= 4 is 15.7 Å². The van der Waals surface area contributed by atoms with Gasteiger partial charge in [-0.25, -0.2) is 8.42 Å². The molecule has 122 valence electrons. The number of amides is 1. The summed E-state index contributed by atoms with van der Waals surface area (Å²) in [6, 6.07) is 6.32. The van der Waals surface area contributed by atoms with E-state index in [1.807, 2.05) is 4.90 Å². The van der Waals surface area contributed by atoms with Gasteiger partial charge in [0.1, 0.15) is 5.75 Å². The van der Waals surface area contributed by atoms with Crippen LogP contribution in [-0.4, -0.2) is 44.2 Å². The summed E-state index contributed by atoms with van der Waals surface area (Å²) in [6.07, 6.45) is 3.36.